The third-order valence-corrected chi connectivity index (χ3v) is 8.46. The Hall–Kier alpha value is -1.48. The highest BCUT2D eigenvalue weighted by molar-refractivity contribution is 7.70. The molecule has 2 fully saturated rings. The minimum atomic E-state index is -2.69. The summed E-state index contributed by atoms with van der Waals surface area (Å²) in [6.45, 7) is 8.10. The van der Waals surface area contributed by atoms with Gasteiger partial charge in [0.05, 0.1) is 5.41 Å². The van der Waals surface area contributed by atoms with Crippen LogP contribution in [0.4, 0.5) is 0 Å². The van der Waals surface area contributed by atoms with Crippen LogP contribution in [0.2, 0.25) is 0 Å². The molecule has 0 aromatic heterocycles. The SMILES string of the molecule is CC(C)[C@H]1CC[C@@H](N2CCC3(CC2)C(=O)N(CCNN[SH](=O)=O)Cc2ccccc23)CC1. The van der Waals surface area contributed by atoms with Gasteiger partial charge in [0.1, 0.15) is 0 Å². The van der Waals surface area contributed by atoms with Crippen LogP contribution in [-0.2, 0) is 27.6 Å². The van der Waals surface area contributed by atoms with E-state index in [2.05, 4.69) is 47.2 Å². The largest absolute Gasteiger partial charge is 0.336 e. The smallest absolute Gasteiger partial charge is 0.233 e. The van der Waals surface area contributed by atoms with Gasteiger partial charge < -0.3 is 9.80 Å². The first-order valence-corrected chi connectivity index (χ1v) is 13.3. The van der Waals surface area contributed by atoms with Crippen molar-refractivity contribution in [3.8, 4) is 0 Å². The van der Waals surface area contributed by atoms with Gasteiger partial charge in [-0.3, -0.25) is 4.79 Å². The summed E-state index contributed by atoms with van der Waals surface area (Å²) in [4.78, 5) is 20.5. The van der Waals surface area contributed by atoms with Crippen molar-refractivity contribution in [1.29, 1.82) is 0 Å². The van der Waals surface area contributed by atoms with Crippen LogP contribution in [0.5, 0.6) is 0 Å². The molecule has 0 atom stereocenters. The number of rotatable bonds is 7. The third kappa shape index (κ3) is 4.88. The van der Waals surface area contributed by atoms with Gasteiger partial charge in [-0.25, -0.2) is 13.8 Å². The summed E-state index contributed by atoms with van der Waals surface area (Å²) in [5, 5.41) is 0. The topological polar surface area (TPSA) is 81.8 Å². The van der Waals surface area contributed by atoms with E-state index in [1.54, 1.807) is 0 Å². The number of carbonyl (C=O) groups excluding carboxylic acids is 1. The second-order valence-electron chi connectivity index (χ2n) is 10.1. The lowest BCUT2D eigenvalue weighted by atomic mass is 9.67. The molecular weight excluding hydrogens is 424 g/mol. The molecule has 1 saturated carbocycles. The Morgan fingerprint density at radius 1 is 1.09 bits per heavy atom. The average molecular weight is 463 g/mol. The summed E-state index contributed by atoms with van der Waals surface area (Å²) in [7, 11) is -2.69. The van der Waals surface area contributed by atoms with Crippen molar-refractivity contribution in [3.05, 3.63) is 35.4 Å². The first-order chi connectivity index (χ1) is 15.4. The van der Waals surface area contributed by atoms with Gasteiger partial charge in [0.2, 0.25) is 16.8 Å². The van der Waals surface area contributed by atoms with Gasteiger partial charge in [-0.2, -0.15) is 4.83 Å². The number of nitrogens with one attached hydrogen (secondary N) is 2. The molecule has 3 aliphatic rings. The number of benzene rings is 1. The van der Waals surface area contributed by atoms with Crippen LogP contribution in [0, 0.1) is 11.8 Å². The Kier molecular flexibility index (Phi) is 7.54. The highest BCUT2D eigenvalue weighted by Crippen LogP contribution is 2.44. The monoisotopic (exact) mass is 462 g/mol. The molecule has 1 saturated heterocycles. The minimum Gasteiger partial charge on any atom is -0.336 e. The van der Waals surface area contributed by atoms with E-state index in [9.17, 15) is 13.2 Å². The predicted octanol–water partition coefficient (Wildman–Crippen LogP) is 2.20. The molecule has 0 radical (unpaired) electrons. The number of hydrazine groups is 1. The van der Waals surface area contributed by atoms with E-state index in [1.165, 1.54) is 36.8 Å². The number of thiol groups is 1. The van der Waals surface area contributed by atoms with Gasteiger partial charge in [-0.1, -0.05) is 38.1 Å². The van der Waals surface area contributed by atoms with Crippen molar-refractivity contribution < 1.29 is 13.2 Å². The second-order valence-corrected chi connectivity index (χ2v) is 10.8. The number of fused-ring (bicyclic) bond motifs is 2. The fraction of sp³-hybridized carbons (Fsp3) is 0.708. The van der Waals surface area contributed by atoms with Crippen LogP contribution in [0.1, 0.15) is 63.5 Å². The standard InChI is InChI=1S/C24H38N4O3S/c1-18(2)19-7-9-21(10-8-19)27-14-11-24(12-15-27)22-6-4-3-5-20(22)17-28(23(24)29)16-13-25-26-32(30)31/h3-6,18-19,21,25,32H,7-17H2,1-2H3,(H,26,30,31)/t19-,21+. The Balaban J connectivity index is 1.44. The Morgan fingerprint density at radius 2 is 1.78 bits per heavy atom. The van der Waals surface area contributed by atoms with Crippen molar-refractivity contribution in [3.63, 3.8) is 0 Å². The van der Waals surface area contributed by atoms with Crippen molar-refractivity contribution >= 4 is 16.8 Å². The molecule has 1 amide bonds. The third-order valence-electron chi connectivity index (χ3n) is 8.12. The van der Waals surface area contributed by atoms with Crippen molar-refractivity contribution in [2.75, 3.05) is 26.2 Å². The summed E-state index contributed by atoms with van der Waals surface area (Å²) in [5.41, 5.74) is 4.66. The molecule has 1 spiro atoms. The molecule has 2 heterocycles. The zero-order valence-electron chi connectivity index (χ0n) is 19.4. The van der Waals surface area contributed by atoms with E-state index >= 15 is 0 Å². The summed E-state index contributed by atoms with van der Waals surface area (Å²) >= 11 is 0. The number of hydrogen-bond acceptors (Lipinski definition) is 5. The molecule has 1 aromatic carbocycles. The molecule has 0 unspecified atom stereocenters. The number of nitrogens with zero attached hydrogens (tertiary/aromatic N) is 2. The van der Waals surface area contributed by atoms with E-state index in [0.29, 0.717) is 25.7 Å². The molecule has 0 bridgehead atoms. The molecule has 32 heavy (non-hydrogen) atoms. The zero-order valence-corrected chi connectivity index (χ0v) is 20.3. The zero-order chi connectivity index (χ0) is 22.7. The molecule has 1 aliphatic carbocycles. The van der Waals surface area contributed by atoms with Gasteiger partial charge in [0, 0.05) is 25.7 Å². The number of carbonyl (C=O) groups is 1. The van der Waals surface area contributed by atoms with E-state index in [1.807, 2.05) is 11.0 Å². The maximum absolute atomic E-state index is 13.7. The first kappa shape index (κ1) is 23.7. The van der Waals surface area contributed by atoms with Crippen molar-refractivity contribution in [2.45, 2.75) is 70.4 Å². The molecule has 7 nitrogen and oxygen atoms in total. The lowest BCUT2D eigenvalue weighted by Gasteiger charge is -2.49. The molecule has 2 aliphatic heterocycles. The number of hydrogen-bond donors (Lipinski definition) is 3. The molecule has 178 valence electrons. The summed E-state index contributed by atoms with van der Waals surface area (Å²) in [6.07, 6.45) is 6.95. The van der Waals surface area contributed by atoms with Crippen LogP contribution < -0.4 is 10.3 Å². The van der Waals surface area contributed by atoms with Crippen LogP contribution in [0.3, 0.4) is 0 Å². The van der Waals surface area contributed by atoms with E-state index in [-0.39, 0.29) is 5.91 Å². The van der Waals surface area contributed by atoms with Gasteiger partial charge in [-0.05, 0) is 74.6 Å². The predicted molar refractivity (Wildman–Crippen MR) is 126 cm³/mol. The van der Waals surface area contributed by atoms with Crippen LogP contribution in [-0.4, -0.2) is 56.3 Å². The highest BCUT2D eigenvalue weighted by Gasteiger charge is 2.49. The lowest BCUT2D eigenvalue weighted by Crippen LogP contribution is -2.58. The molecule has 1 aromatic rings. The lowest BCUT2D eigenvalue weighted by molar-refractivity contribution is -0.142. The highest BCUT2D eigenvalue weighted by atomic mass is 32.2. The second kappa shape index (κ2) is 10.2. The summed E-state index contributed by atoms with van der Waals surface area (Å²) in [5.74, 6) is 1.85. The van der Waals surface area contributed by atoms with E-state index in [0.717, 1.165) is 37.8 Å². The maximum atomic E-state index is 13.7. The normalized spacial score (nSPS) is 26.1. The molecule has 8 heteroatoms. The Bertz CT molecular complexity index is 864. The maximum Gasteiger partial charge on any atom is 0.233 e. The van der Waals surface area contributed by atoms with Gasteiger partial charge in [0.25, 0.3) is 0 Å². The Labute approximate surface area is 194 Å². The van der Waals surface area contributed by atoms with E-state index in [4.69, 9.17) is 0 Å². The summed E-state index contributed by atoms with van der Waals surface area (Å²) < 4.78 is 21.4. The minimum absolute atomic E-state index is 0.202. The molecular formula is C24H38N4O3S. The van der Waals surface area contributed by atoms with Gasteiger partial charge in [-0.15, -0.1) is 0 Å². The van der Waals surface area contributed by atoms with E-state index < -0.39 is 16.3 Å². The fourth-order valence-corrected chi connectivity index (χ4v) is 6.44. The van der Waals surface area contributed by atoms with Crippen molar-refractivity contribution in [1.82, 2.24) is 20.1 Å². The molecule has 4 rings (SSSR count). The van der Waals surface area contributed by atoms with Crippen molar-refractivity contribution in [2.24, 2.45) is 11.8 Å². The quantitative estimate of drug-likeness (QED) is 0.329. The average Bonchev–Trinajstić information content (AvgIpc) is 2.80. The number of piperidine rings is 1. The van der Waals surface area contributed by atoms with Crippen LogP contribution in [0.25, 0.3) is 0 Å². The number of amides is 1. The summed E-state index contributed by atoms with van der Waals surface area (Å²) in [6, 6.07) is 9.05. The van der Waals surface area contributed by atoms with Gasteiger partial charge >= 0.3 is 0 Å². The van der Waals surface area contributed by atoms with Gasteiger partial charge in [0.15, 0.2) is 0 Å². The fourth-order valence-electron chi connectivity index (χ4n) is 6.20. The number of likely N-dealkylation sites (tertiary alicyclic amines) is 1. The first-order valence-electron chi connectivity index (χ1n) is 12.2. The van der Waals surface area contributed by atoms with Crippen LogP contribution in [0.15, 0.2) is 24.3 Å². The van der Waals surface area contributed by atoms with Crippen LogP contribution >= 0.6 is 0 Å². The Morgan fingerprint density at radius 3 is 2.44 bits per heavy atom. The molecule has 2 N–H and O–H groups in total.